The number of amides is 1. The monoisotopic (exact) mass is 201 g/mol. The number of hydrogen-bond donors (Lipinski definition) is 2. The summed E-state index contributed by atoms with van der Waals surface area (Å²) in [6, 6.07) is -0.142. The summed E-state index contributed by atoms with van der Waals surface area (Å²) in [5.74, 6) is 0. The number of aliphatic hydroxyl groups excluding tert-OH is 1. The smallest absolute Gasteiger partial charge is 0.408 e. The van der Waals surface area contributed by atoms with Crippen LogP contribution in [0, 0.1) is 0 Å². The molecule has 0 rings (SSSR count). The molecule has 4 nitrogen and oxygen atoms in total. The largest absolute Gasteiger partial charge is 0.444 e. The average Bonchev–Trinajstić information content (AvgIpc) is 1.96. The number of carbonyl (C=O) groups excluding carboxylic acids is 1. The van der Waals surface area contributed by atoms with E-state index in [1.807, 2.05) is 0 Å². The summed E-state index contributed by atoms with van der Waals surface area (Å²) in [5, 5.41) is 11.1. The first-order chi connectivity index (χ1) is 6.35. The van der Waals surface area contributed by atoms with Crippen LogP contribution >= 0.6 is 0 Å². The highest BCUT2D eigenvalue weighted by Gasteiger charge is 2.16. The highest BCUT2D eigenvalue weighted by atomic mass is 16.6. The Morgan fingerprint density at radius 1 is 1.57 bits per heavy atom. The molecule has 0 bridgehead atoms. The van der Waals surface area contributed by atoms with Crippen LogP contribution in [0.25, 0.3) is 0 Å². The zero-order chi connectivity index (χ0) is 11.2. The second kappa shape index (κ2) is 5.65. The van der Waals surface area contributed by atoms with Crippen molar-refractivity contribution in [3.8, 4) is 0 Å². The number of ether oxygens (including phenoxy) is 1. The molecule has 0 aliphatic heterocycles. The van der Waals surface area contributed by atoms with Crippen LogP contribution in [0.4, 0.5) is 4.79 Å². The molecule has 0 saturated carbocycles. The molecule has 0 aromatic rings. The zero-order valence-electron chi connectivity index (χ0n) is 9.20. The summed E-state index contributed by atoms with van der Waals surface area (Å²) in [6.45, 7) is 7.19. The van der Waals surface area contributed by atoms with Crippen molar-refractivity contribution in [2.75, 3.05) is 6.61 Å². The summed E-state index contributed by atoms with van der Waals surface area (Å²) in [6.07, 6.45) is 2.82. The summed E-state index contributed by atoms with van der Waals surface area (Å²) < 4.78 is 5.04. The maximum absolute atomic E-state index is 11.2. The van der Waals surface area contributed by atoms with Gasteiger partial charge in [0, 0.05) is 6.04 Å². The van der Waals surface area contributed by atoms with Crippen LogP contribution < -0.4 is 5.32 Å². The lowest BCUT2D eigenvalue weighted by Gasteiger charge is -2.20. The Labute approximate surface area is 85.0 Å². The van der Waals surface area contributed by atoms with Gasteiger partial charge in [0.1, 0.15) is 5.60 Å². The van der Waals surface area contributed by atoms with Crippen LogP contribution in [-0.4, -0.2) is 29.4 Å². The van der Waals surface area contributed by atoms with Crippen molar-refractivity contribution < 1.29 is 14.6 Å². The number of aliphatic hydroxyl groups is 1. The van der Waals surface area contributed by atoms with E-state index in [2.05, 4.69) is 5.32 Å². The average molecular weight is 201 g/mol. The Morgan fingerprint density at radius 3 is 2.57 bits per heavy atom. The van der Waals surface area contributed by atoms with Crippen molar-refractivity contribution in [1.29, 1.82) is 0 Å². The summed E-state index contributed by atoms with van der Waals surface area (Å²) >= 11 is 0. The van der Waals surface area contributed by atoms with Gasteiger partial charge in [0.25, 0.3) is 0 Å². The van der Waals surface area contributed by atoms with Crippen molar-refractivity contribution in [2.24, 2.45) is 0 Å². The molecule has 1 amide bonds. The molecule has 0 aliphatic carbocycles. The SMILES string of the molecule is CC(/C=C/CO)NC(=O)OC(C)(C)C. The van der Waals surface area contributed by atoms with E-state index < -0.39 is 11.7 Å². The van der Waals surface area contributed by atoms with Gasteiger partial charge in [-0.05, 0) is 27.7 Å². The van der Waals surface area contributed by atoms with E-state index in [0.717, 1.165) is 0 Å². The summed E-state index contributed by atoms with van der Waals surface area (Å²) in [7, 11) is 0. The standard InChI is InChI=1S/C10H19NO3/c1-8(6-5-7-12)11-9(13)14-10(2,3)4/h5-6,8,12H,7H2,1-4H3,(H,11,13)/b6-5+. The van der Waals surface area contributed by atoms with Gasteiger partial charge in [-0.25, -0.2) is 4.79 Å². The molecule has 0 fully saturated rings. The summed E-state index contributed by atoms with van der Waals surface area (Å²) in [4.78, 5) is 11.2. The Kier molecular flexibility index (Phi) is 5.23. The van der Waals surface area contributed by atoms with E-state index in [-0.39, 0.29) is 12.6 Å². The first-order valence-electron chi connectivity index (χ1n) is 4.62. The number of rotatable bonds is 3. The normalized spacial score (nSPS) is 14.1. The second-order valence-corrected chi connectivity index (χ2v) is 4.05. The van der Waals surface area contributed by atoms with Crippen LogP contribution in [0.5, 0.6) is 0 Å². The molecule has 0 aliphatic rings. The van der Waals surface area contributed by atoms with E-state index in [4.69, 9.17) is 9.84 Å². The minimum absolute atomic E-state index is 0.0274. The van der Waals surface area contributed by atoms with E-state index in [1.54, 1.807) is 39.8 Å². The molecule has 0 heterocycles. The van der Waals surface area contributed by atoms with Crippen molar-refractivity contribution in [2.45, 2.75) is 39.3 Å². The predicted octanol–water partition coefficient (Wildman–Crippen LogP) is 1.45. The lowest BCUT2D eigenvalue weighted by molar-refractivity contribution is 0.0518. The van der Waals surface area contributed by atoms with Gasteiger partial charge in [0.15, 0.2) is 0 Å². The van der Waals surface area contributed by atoms with Crippen LogP contribution in [0.3, 0.4) is 0 Å². The quantitative estimate of drug-likeness (QED) is 0.679. The molecular formula is C10H19NO3. The van der Waals surface area contributed by atoms with Crippen LogP contribution in [0.1, 0.15) is 27.7 Å². The fourth-order valence-electron chi connectivity index (χ4n) is 0.807. The van der Waals surface area contributed by atoms with Gasteiger partial charge in [-0.3, -0.25) is 0 Å². The van der Waals surface area contributed by atoms with Gasteiger partial charge in [0.2, 0.25) is 0 Å². The van der Waals surface area contributed by atoms with Gasteiger partial charge < -0.3 is 15.2 Å². The minimum Gasteiger partial charge on any atom is -0.444 e. The number of hydrogen-bond acceptors (Lipinski definition) is 3. The third kappa shape index (κ3) is 7.61. The van der Waals surface area contributed by atoms with Gasteiger partial charge in [-0.2, -0.15) is 0 Å². The Hall–Kier alpha value is -1.03. The second-order valence-electron chi connectivity index (χ2n) is 4.05. The maximum atomic E-state index is 11.2. The van der Waals surface area contributed by atoms with E-state index in [1.165, 1.54) is 0 Å². The lowest BCUT2D eigenvalue weighted by atomic mass is 10.2. The van der Waals surface area contributed by atoms with Crippen LogP contribution in [0.2, 0.25) is 0 Å². The fourth-order valence-corrected chi connectivity index (χ4v) is 0.807. The van der Waals surface area contributed by atoms with E-state index >= 15 is 0 Å². The van der Waals surface area contributed by atoms with Gasteiger partial charge in [-0.15, -0.1) is 0 Å². The molecule has 82 valence electrons. The molecule has 2 N–H and O–H groups in total. The van der Waals surface area contributed by atoms with E-state index in [0.29, 0.717) is 0 Å². The van der Waals surface area contributed by atoms with Crippen molar-refractivity contribution >= 4 is 6.09 Å². The van der Waals surface area contributed by atoms with Crippen molar-refractivity contribution in [3.63, 3.8) is 0 Å². The van der Waals surface area contributed by atoms with Crippen LogP contribution in [-0.2, 0) is 4.74 Å². The summed E-state index contributed by atoms with van der Waals surface area (Å²) in [5.41, 5.74) is -0.482. The molecule has 1 unspecified atom stereocenters. The zero-order valence-corrected chi connectivity index (χ0v) is 9.20. The molecule has 0 radical (unpaired) electrons. The minimum atomic E-state index is -0.482. The van der Waals surface area contributed by atoms with Crippen LogP contribution in [0.15, 0.2) is 12.2 Å². The number of alkyl carbamates (subject to hydrolysis) is 1. The molecule has 0 spiro atoms. The Morgan fingerprint density at radius 2 is 2.14 bits per heavy atom. The third-order valence-corrected chi connectivity index (χ3v) is 1.27. The molecule has 0 saturated heterocycles. The predicted molar refractivity (Wildman–Crippen MR) is 55.1 cm³/mol. The van der Waals surface area contributed by atoms with Gasteiger partial charge >= 0.3 is 6.09 Å². The highest BCUT2D eigenvalue weighted by Crippen LogP contribution is 2.06. The number of carbonyl (C=O) groups is 1. The van der Waals surface area contributed by atoms with Gasteiger partial charge in [-0.1, -0.05) is 12.2 Å². The first kappa shape index (κ1) is 13.0. The molecule has 0 aromatic heterocycles. The Balaban J connectivity index is 3.89. The maximum Gasteiger partial charge on any atom is 0.408 e. The molecule has 1 atom stereocenters. The fraction of sp³-hybridized carbons (Fsp3) is 0.700. The molecular weight excluding hydrogens is 182 g/mol. The highest BCUT2D eigenvalue weighted by molar-refractivity contribution is 5.68. The van der Waals surface area contributed by atoms with E-state index in [9.17, 15) is 4.79 Å². The van der Waals surface area contributed by atoms with Crippen molar-refractivity contribution in [3.05, 3.63) is 12.2 Å². The molecule has 4 heteroatoms. The lowest BCUT2D eigenvalue weighted by Crippen LogP contribution is -2.36. The van der Waals surface area contributed by atoms with Crippen molar-refractivity contribution in [1.82, 2.24) is 5.32 Å². The number of nitrogens with one attached hydrogen (secondary N) is 1. The molecule has 0 aromatic carbocycles. The third-order valence-electron chi connectivity index (χ3n) is 1.27. The molecule has 14 heavy (non-hydrogen) atoms. The topological polar surface area (TPSA) is 58.6 Å². The Bertz CT molecular complexity index is 206. The van der Waals surface area contributed by atoms with Gasteiger partial charge in [0.05, 0.1) is 6.61 Å². The first-order valence-corrected chi connectivity index (χ1v) is 4.62.